The van der Waals surface area contributed by atoms with Crippen molar-refractivity contribution >= 4 is 17.6 Å². The van der Waals surface area contributed by atoms with Gasteiger partial charge in [0.2, 0.25) is 11.6 Å². The molecule has 9 nitrogen and oxygen atoms in total. The second kappa shape index (κ2) is 11.8. The van der Waals surface area contributed by atoms with Gasteiger partial charge >= 0.3 is 11.9 Å². The number of carbonyl (C=O) groups is 2. The third kappa shape index (κ3) is 5.86. The monoisotopic (exact) mass is 575 g/mol. The van der Waals surface area contributed by atoms with Gasteiger partial charge in [0.05, 0.1) is 5.92 Å². The van der Waals surface area contributed by atoms with E-state index in [0.29, 0.717) is 12.1 Å². The summed E-state index contributed by atoms with van der Waals surface area (Å²) in [4.78, 5) is 28.6. The molecule has 2 heterocycles. The average Bonchev–Trinajstić information content (AvgIpc) is 3.46. The molecule has 1 aliphatic rings. The average molecular weight is 576 g/mol. The largest absolute Gasteiger partial charge is 0.481 e. The number of aromatic carboxylic acids is 1. The Labute approximate surface area is 239 Å². The van der Waals surface area contributed by atoms with Crippen molar-refractivity contribution in [2.45, 2.75) is 19.9 Å². The van der Waals surface area contributed by atoms with E-state index in [-0.39, 0.29) is 36.6 Å². The first-order chi connectivity index (χ1) is 20.1. The molecule has 0 radical (unpaired) electrons. The lowest BCUT2D eigenvalue weighted by atomic mass is 10.0. The van der Waals surface area contributed by atoms with Crippen molar-refractivity contribution in [3.63, 3.8) is 0 Å². The highest BCUT2D eigenvalue weighted by atomic mass is 19.1. The molecule has 1 fully saturated rings. The zero-order valence-electron chi connectivity index (χ0n) is 22.5. The van der Waals surface area contributed by atoms with Crippen LogP contribution in [-0.2, 0) is 11.3 Å². The Bertz CT molecular complexity index is 1680. The van der Waals surface area contributed by atoms with Crippen LogP contribution in [0.3, 0.4) is 0 Å². The Balaban J connectivity index is 1.58. The molecule has 0 aliphatic carbocycles. The summed E-state index contributed by atoms with van der Waals surface area (Å²) in [6.07, 6.45) is 0.174. The number of carboxylic acids is 2. The van der Waals surface area contributed by atoms with Gasteiger partial charge in [-0.15, -0.1) is 0 Å². The lowest BCUT2D eigenvalue weighted by molar-refractivity contribution is -0.140. The molecule has 0 saturated carbocycles. The number of carboxylic acid groups (broad SMARTS) is 2. The van der Waals surface area contributed by atoms with Crippen LogP contribution in [0.25, 0.3) is 11.1 Å². The number of anilines is 1. The predicted octanol–water partition coefficient (Wildman–Crippen LogP) is 5.99. The summed E-state index contributed by atoms with van der Waals surface area (Å²) in [5.41, 5.74) is 8.08. The summed E-state index contributed by atoms with van der Waals surface area (Å²) in [5.74, 6) is -6.96. The maximum absolute atomic E-state index is 15.9. The van der Waals surface area contributed by atoms with Crippen LogP contribution in [0, 0.1) is 24.5 Å². The number of rotatable bonds is 9. The van der Waals surface area contributed by atoms with Gasteiger partial charge in [-0.1, -0.05) is 36.4 Å². The summed E-state index contributed by atoms with van der Waals surface area (Å²) in [6, 6.07) is 18.5. The van der Waals surface area contributed by atoms with E-state index in [1.165, 1.54) is 17.0 Å². The van der Waals surface area contributed by atoms with E-state index in [1.54, 1.807) is 31.2 Å². The topological polar surface area (TPSA) is 135 Å². The number of aromatic nitrogens is 1. The fourth-order valence-corrected chi connectivity index (χ4v) is 4.79. The number of aliphatic carboxylic acids is 1. The van der Waals surface area contributed by atoms with Gasteiger partial charge in [-0.2, -0.15) is 13.8 Å². The number of benzene rings is 3. The summed E-state index contributed by atoms with van der Waals surface area (Å²) >= 11 is 0. The highest BCUT2D eigenvalue weighted by Crippen LogP contribution is 2.40. The van der Waals surface area contributed by atoms with Gasteiger partial charge < -0.3 is 30.3 Å². The zero-order valence-corrected chi connectivity index (χ0v) is 22.5. The molecule has 11 heteroatoms. The van der Waals surface area contributed by atoms with Crippen molar-refractivity contribution in [2.75, 3.05) is 18.0 Å². The van der Waals surface area contributed by atoms with Crippen LogP contribution in [0.15, 0.2) is 66.7 Å². The predicted molar refractivity (Wildman–Crippen MR) is 150 cm³/mol. The Morgan fingerprint density at radius 1 is 0.976 bits per heavy atom. The van der Waals surface area contributed by atoms with E-state index in [0.717, 1.165) is 16.7 Å². The van der Waals surface area contributed by atoms with E-state index in [4.69, 9.17) is 15.2 Å². The highest BCUT2D eigenvalue weighted by Gasteiger charge is 2.35. The van der Waals surface area contributed by atoms with Crippen molar-refractivity contribution in [1.29, 1.82) is 0 Å². The summed E-state index contributed by atoms with van der Waals surface area (Å²) in [7, 11) is 0. The van der Waals surface area contributed by atoms with Crippen LogP contribution in [0.5, 0.6) is 23.3 Å². The number of halogens is 2. The maximum Gasteiger partial charge on any atom is 0.339 e. The van der Waals surface area contributed by atoms with Gasteiger partial charge in [-0.05, 0) is 65.9 Å². The number of ether oxygens (including phenoxy) is 2. The molecule has 3 aromatic carbocycles. The number of hydrogen-bond donors (Lipinski definition) is 3. The number of nitrogens with two attached hydrogens (primary N) is 1. The quantitative estimate of drug-likeness (QED) is 0.220. The van der Waals surface area contributed by atoms with Gasteiger partial charge in [0.1, 0.15) is 22.7 Å². The van der Waals surface area contributed by atoms with Crippen molar-refractivity contribution in [3.05, 3.63) is 95.1 Å². The van der Waals surface area contributed by atoms with Crippen molar-refractivity contribution in [1.82, 2.24) is 4.98 Å². The van der Waals surface area contributed by atoms with Crippen molar-refractivity contribution < 1.29 is 38.1 Å². The minimum Gasteiger partial charge on any atom is -0.481 e. The number of pyridine rings is 1. The Kier molecular flexibility index (Phi) is 8.03. The first-order valence-corrected chi connectivity index (χ1v) is 13.1. The van der Waals surface area contributed by atoms with Gasteiger partial charge in [-0.25, -0.2) is 4.79 Å². The molecule has 1 atom stereocenters. The fraction of sp³-hybridized carbons (Fsp3) is 0.194. The molecule has 1 aliphatic heterocycles. The first-order valence-electron chi connectivity index (χ1n) is 13.1. The number of nitrogens with zero attached hydrogens (tertiary/aromatic N) is 2. The molecule has 42 heavy (non-hydrogen) atoms. The molecule has 1 aromatic heterocycles. The van der Waals surface area contributed by atoms with E-state index in [1.807, 2.05) is 30.3 Å². The lowest BCUT2D eigenvalue weighted by Crippen LogP contribution is -2.25. The summed E-state index contributed by atoms with van der Waals surface area (Å²) in [5, 5.41) is 19.0. The van der Waals surface area contributed by atoms with Crippen molar-refractivity contribution in [3.8, 4) is 34.4 Å². The normalized spacial score (nSPS) is 14.6. The zero-order chi connectivity index (χ0) is 30.0. The first kappa shape index (κ1) is 28.5. The highest BCUT2D eigenvalue weighted by molar-refractivity contribution is 5.91. The summed E-state index contributed by atoms with van der Waals surface area (Å²) in [6.45, 7) is 1.96. The van der Waals surface area contributed by atoms with Gasteiger partial charge in [0, 0.05) is 19.6 Å². The molecule has 5 rings (SSSR count). The summed E-state index contributed by atoms with van der Waals surface area (Å²) < 4.78 is 43.3. The molecule has 0 amide bonds. The van der Waals surface area contributed by atoms with Crippen molar-refractivity contribution in [2.24, 2.45) is 11.7 Å². The minimum atomic E-state index is -1.32. The Morgan fingerprint density at radius 3 is 2.33 bits per heavy atom. The molecule has 0 bridgehead atoms. The second-order valence-electron chi connectivity index (χ2n) is 9.91. The minimum absolute atomic E-state index is 0.0610. The van der Waals surface area contributed by atoms with Crippen LogP contribution >= 0.6 is 0 Å². The molecule has 0 spiro atoms. The SMILES string of the molecule is Cc1ccc(C(=O)O)c(Oc2nc(Oc3cccc(-c4cccc(CN)c4)c3)c(F)c(N3CCC(C(=O)O)C3)c2F)c1. The molecule has 216 valence electrons. The van der Waals surface area contributed by atoms with E-state index < -0.39 is 46.9 Å². The molecule has 4 aromatic rings. The van der Waals surface area contributed by atoms with Crippen LogP contribution in [-0.4, -0.2) is 40.2 Å². The fourth-order valence-electron chi connectivity index (χ4n) is 4.79. The van der Waals surface area contributed by atoms with Crippen LogP contribution in [0.4, 0.5) is 14.5 Å². The second-order valence-corrected chi connectivity index (χ2v) is 9.91. The van der Waals surface area contributed by atoms with E-state index >= 15 is 8.78 Å². The molecule has 1 unspecified atom stereocenters. The lowest BCUT2D eigenvalue weighted by Gasteiger charge is -2.22. The molecular formula is C31H27F2N3O6. The van der Waals surface area contributed by atoms with E-state index in [9.17, 15) is 19.8 Å². The standard InChI is InChI=1S/C31H27F2N3O6/c1-17-8-9-23(31(39)40)24(12-17)42-29-26(33)27(36-11-10-21(16-36)30(37)38)25(32)28(35-29)41-22-7-3-6-20(14-22)19-5-2-4-18(13-19)15-34/h2-9,12-14,21H,10-11,15-16,34H2,1H3,(H,37,38)(H,39,40). The molecule has 4 N–H and O–H groups in total. The van der Waals surface area contributed by atoms with Crippen LogP contribution < -0.4 is 20.1 Å². The molecule has 1 saturated heterocycles. The van der Waals surface area contributed by atoms with Crippen LogP contribution in [0.2, 0.25) is 0 Å². The maximum atomic E-state index is 15.9. The van der Waals surface area contributed by atoms with Crippen LogP contribution in [0.1, 0.15) is 27.9 Å². The number of hydrogen-bond acceptors (Lipinski definition) is 7. The number of aryl methyl sites for hydroxylation is 1. The van der Waals surface area contributed by atoms with Gasteiger partial charge in [-0.3, -0.25) is 4.79 Å². The molecular weight excluding hydrogens is 548 g/mol. The third-order valence-electron chi connectivity index (χ3n) is 6.97. The van der Waals surface area contributed by atoms with Gasteiger partial charge in [0.15, 0.2) is 0 Å². The van der Waals surface area contributed by atoms with E-state index in [2.05, 4.69) is 4.98 Å². The Hall–Kier alpha value is -5.03. The Morgan fingerprint density at radius 2 is 1.67 bits per heavy atom. The third-order valence-corrected chi connectivity index (χ3v) is 6.97. The smallest absolute Gasteiger partial charge is 0.339 e. The van der Waals surface area contributed by atoms with Gasteiger partial charge in [0.25, 0.3) is 11.8 Å².